The van der Waals surface area contributed by atoms with Gasteiger partial charge in [0.05, 0.1) is 35.5 Å². The number of benzene rings is 5. The molecule has 0 amide bonds. The summed E-state index contributed by atoms with van der Waals surface area (Å²) in [6.45, 7) is 5.48. The number of halogens is 1. The van der Waals surface area contributed by atoms with Crippen molar-refractivity contribution in [2.24, 2.45) is 0 Å². The van der Waals surface area contributed by atoms with Crippen molar-refractivity contribution in [2.45, 2.75) is 136 Å². The molecular weight excluding hydrogens is 864 g/mol. The summed E-state index contributed by atoms with van der Waals surface area (Å²) in [5.74, 6) is -1.95. The maximum absolute atomic E-state index is 14.8. The average Bonchev–Trinajstić information content (AvgIpc) is 3.35. The van der Waals surface area contributed by atoms with Crippen LogP contribution in [0.2, 0.25) is 0 Å². The van der Waals surface area contributed by atoms with Crippen molar-refractivity contribution in [3.8, 4) is 34.5 Å². The minimum Gasteiger partial charge on any atom is -0.494 e. The van der Waals surface area contributed by atoms with Crippen molar-refractivity contribution < 1.29 is 52.0 Å². The zero-order valence-electron chi connectivity index (χ0n) is 39.8. The molecule has 0 radical (unpaired) electrons. The highest BCUT2D eigenvalue weighted by Gasteiger charge is 2.17. The minimum absolute atomic E-state index is 0.0117. The average molecular weight is 931 g/mol. The number of carbonyl (C=O) groups excluding carboxylic acids is 4. The molecule has 0 N–H and O–H groups in total. The van der Waals surface area contributed by atoms with Crippen molar-refractivity contribution in [1.82, 2.24) is 0 Å². The van der Waals surface area contributed by atoms with Gasteiger partial charge in [0, 0.05) is 6.07 Å². The van der Waals surface area contributed by atoms with Crippen LogP contribution in [-0.4, -0.2) is 37.1 Å². The largest absolute Gasteiger partial charge is 0.494 e. The summed E-state index contributed by atoms with van der Waals surface area (Å²) < 4.78 is 48.2. The van der Waals surface area contributed by atoms with Crippen molar-refractivity contribution >= 4 is 23.9 Å². The predicted molar refractivity (Wildman–Crippen MR) is 262 cm³/mol. The number of unbranched alkanes of at least 4 members (excludes halogenated alkanes) is 17. The van der Waals surface area contributed by atoms with Crippen molar-refractivity contribution in [3.63, 3.8) is 0 Å². The van der Waals surface area contributed by atoms with Gasteiger partial charge >= 0.3 is 23.9 Å². The highest BCUT2D eigenvalue weighted by atomic mass is 19.1. The van der Waals surface area contributed by atoms with Crippen LogP contribution in [0.4, 0.5) is 4.39 Å². The summed E-state index contributed by atoms with van der Waals surface area (Å²) in [7, 11) is 0. The number of hydrogen-bond donors (Lipinski definition) is 0. The van der Waals surface area contributed by atoms with E-state index in [1.165, 1.54) is 169 Å². The van der Waals surface area contributed by atoms with Gasteiger partial charge in [-0.05, 0) is 116 Å². The van der Waals surface area contributed by atoms with E-state index in [1.807, 2.05) is 0 Å². The van der Waals surface area contributed by atoms with Crippen LogP contribution in [0.25, 0.3) is 0 Å². The van der Waals surface area contributed by atoms with Gasteiger partial charge in [-0.25, -0.2) is 23.6 Å². The van der Waals surface area contributed by atoms with Crippen LogP contribution in [0.15, 0.2) is 115 Å². The number of rotatable bonds is 31. The summed E-state index contributed by atoms with van der Waals surface area (Å²) in [5, 5.41) is 0. The van der Waals surface area contributed by atoms with Gasteiger partial charge in [-0.2, -0.15) is 0 Å². The van der Waals surface area contributed by atoms with Gasteiger partial charge in [0.25, 0.3) is 0 Å². The summed E-state index contributed by atoms with van der Waals surface area (Å²) >= 11 is 0. The van der Waals surface area contributed by atoms with E-state index in [2.05, 4.69) is 13.8 Å². The molecular formula is C57H67FO10. The van der Waals surface area contributed by atoms with Crippen LogP contribution in [0.5, 0.6) is 34.5 Å². The zero-order valence-corrected chi connectivity index (χ0v) is 39.8. The molecule has 0 atom stereocenters. The fourth-order valence-electron chi connectivity index (χ4n) is 7.39. The van der Waals surface area contributed by atoms with Gasteiger partial charge in [0.15, 0.2) is 11.6 Å². The third-order valence-corrected chi connectivity index (χ3v) is 11.4. The van der Waals surface area contributed by atoms with Crippen LogP contribution >= 0.6 is 0 Å². The second-order valence-electron chi connectivity index (χ2n) is 17.0. The fourth-order valence-corrected chi connectivity index (χ4v) is 7.39. The van der Waals surface area contributed by atoms with E-state index in [-0.39, 0.29) is 45.4 Å². The molecule has 0 unspecified atom stereocenters. The van der Waals surface area contributed by atoms with Crippen molar-refractivity contribution in [3.05, 3.63) is 143 Å². The number of esters is 4. The predicted octanol–water partition coefficient (Wildman–Crippen LogP) is 14.9. The third-order valence-electron chi connectivity index (χ3n) is 11.4. The van der Waals surface area contributed by atoms with E-state index in [0.29, 0.717) is 24.5 Å². The van der Waals surface area contributed by atoms with Gasteiger partial charge in [0.2, 0.25) is 0 Å². The highest BCUT2D eigenvalue weighted by molar-refractivity contribution is 5.94. The first-order valence-electron chi connectivity index (χ1n) is 24.6. The maximum atomic E-state index is 14.8. The Balaban J connectivity index is 0.992. The lowest BCUT2D eigenvalue weighted by Crippen LogP contribution is -2.11. The molecule has 0 aliphatic heterocycles. The summed E-state index contributed by atoms with van der Waals surface area (Å²) in [6.07, 6.45) is 23.1. The first kappa shape index (κ1) is 52.5. The van der Waals surface area contributed by atoms with Crippen molar-refractivity contribution in [2.75, 3.05) is 13.2 Å². The molecule has 0 heterocycles. The lowest BCUT2D eigenvalue weighted by Gasteiger charge is -2.10. The Kier molecular flexibility index (Phi) is 23.2. The number of hydrogen-bond acceptors (Lipinski definition) is 10. The first-order valence-corrected chi connectivity index (χ1v) is 24.6. The van der Waals surface area contributed by atoms with Crippen LogP contribution in [0.1, 0.15) is 177 Å². The Morgan fingerprint density at radius 2 is 0.691 bits per heavy atom. The molecule has 5 aromatic carbocycles. The van der Waals surface area contributed by atoms with E-state index in [4.69, 9.17) is 28.4 Å². The molecule has 10 nitrogen and oxygen atoms in total. The molecule has 0 saturated heterocycles. The number of carbonyl (C=O) groups is 4. The molecule has 11 heteroatoms. The van der Waals surface area contributed by atoms with Gasteiger partial charge in [-0.15, -0.1) is 0 Å². The first-order chi connectivity index (χ1) is 33.2. The molecule has 0 spiro atoms. The second-order valence-corrected chi connectivity index (χ2v) is 17.0. The molecule has 5 aromatic rings. The van der Waals surface area contributed by atoms with Gasteiger partial charge in [-0.3, -0.25) is 0 Å². The molecule has 68 heavy (non-hydrogen) atoms. The van der Waals surface area contributed by atoms with Crippen LogP contribution in [0.3, 0.4) is 0 Å². The van der Waals surface area contributed by atoms with Gasteiger partial charge in [-0.1, -0.05) is 129 Å². The van der Waals surface area contributed by atoms with Gasteiger partial charge in [0.1, 0.15) is 28.7 Å². The summed E-state index contributed by atoms with van der Waals surface area (Å²) in [5.41, 5.74) is 0.735. The smallest absolute Gasteiger partial charge is 0.343 e. The summed E-state index contributed by atoms with van der Waals surface area (Å²) in [6, 6.07) is 28.4. The topological polar surface area (TPSA) is 124 Å². The molecule has 362 valence electrons. The maximum Gasteiger partial charge on any atom is 0.343 e. The van der Waals surface area contributed by atoms with E-state index in [9.17, 15) is 23.6 Å². The van der Waals surface area contributed by atoms with E-state index in [0.717, 1.165) is 38.2 Å². The monoisotopic (exact) mass is 930 g/mol. The normalized spacial score (nSPS) is 10.9. The Hall–Kier alpha value is -6.49. The van der Waals surface area contributed by atoms with Crippen LogP contribution in [-0.2, 0) is 0 Å². The minimum atomic E-state index is -0.771. The molecule has 0 fully saturated rings. The Morgan fingerprint density at radius 3 is 1.10 bits per heavy atom. The quantitative estimate of drug-likeness (QED) is 0.0241. The lowest BCUT2D eigenvalue weighted by atomic mass is 10.1. The Bertz CT molecular complexity index is 2290. The van der Waals surface area contributed by atoms with E-state index >= 15 is 0 Å². The van der Waals surface area contributed by atoms with E-state index in [1.54, 1.807) is 30.3 Å². The molecule has 0 aliphatic carbocycles. The van der Waals surface area contributed by atoms with Crippen molar-refractivity contribution in [1.29, 1.82) is 0 Å². The highest BCUT2D eigenvalue weighted by Crippen LogP contribution is 2.25. The molecule has 0 bridgehead atoms. The Morgan fingerprint density at radius 1 is 0.353 bits per heavy atom. The third kappa shape index (κ3) is 19.0. The fraction of sp³-hybridized carbons (Fsp3) is 0.404. The molecule has 5 rings (SSSR count). The molecule has 0 saturated carbocycles. The van der Waals surface area contributed by atoms with Crippen LogP contribution in [0, 0.1) is 5.82 Å². The standard InChI is InChI=1S/C57H67FO10/c1-3-5-7-9-11-13-15-16-18-20-39-63-47-32-25-43(26-33-47)54(59)65-48-34-27-44(28-35-48)55(60)67-50-23-22-24-51(42-50)68-56(61)45-29-36-49(37-30-45)66-57(62)46-31-38-53(52(58)41-46)64-40-21-19-17-14-12-10-8-6-4-2/h22-38,41-42H,3-21,39-40H2,1-2H3. The number of ether oxygens (including phenoxy) is 6. The lowest BCUT2D eigenvalue weighted by molar-refractivity contribution is 0.0723. The zero-order chi connectivity index (χ0) is 48.2. The van der Waals surface area contributed by atoms with Crippen LogP contribution < -0.4 is 28.4 Å². The van der Waals surface area contributed by atoms with E-state index < -0.39 is 29.7 Å². The molecule has 0 aromatic heterocycles. The Labute approximate surface area is 401 Å². The second kappa shape index (κ2) is 30.0. The van der Waals surface area contributed by atoms with Gasteiger partial charge < -0.3 is 28.4 Å². The summed E-state index contributed by atoms with van der Waals surface area (Å²) in [4.78, 5) is 51.5. The SMILES string of the molecule is CCCCCCCCCCCCOc1ccc(C(=O)Oc2ccc(C(=O)Oc3cccc(OC(=O)c4ccc(OC(=O)c5ccc(OCCCCCCCCCCC)c(F)c5)cc4)c3)cc2)cc1. The molecule has 0 aliphatic rings.